The summed E-state index contributed by atoms with van der Waals surface area (Å²) < 4.78 is 4.84. The van der Waals surface area contributed by atoms with E-state index in [2.05, 4.69) is 15.1 Å². The van der Waals surface area contributed by atoms with Crippen LogP contribution in [-0.4, -0.2) is 39.8 Å². The first-order chi connectivity index (χ1) is 7.16. The average molecular weight is 208 g/mol. The molecule has 15 heavy (non-hydrogen) atoms. The van der Waals surface area contributed by atoms with Crippen LogP contribution in [0.3, 0.4) is 0 Å². The van der Waals surface area contributed by atoms with Crippen LogP contribution in [0.1, 0.15) is 0 Å². The smallest absolute Gasteiger partial charge is 0.323 e. The van der Waals surface area contributed by atoms with Crippen LogP contribution in [0.2, 0.25) is 0 Å². The van der Waals surface area contributed by atoms with Gasteiger partial charge in [-0.15, -0.1) is 0 Å². The van der Waals surface area contributed by atoms with Gasteiger partial charge in [0.05, 0.1) is 11.6 Å². The van der Waals surface area contributed by atoms with Gasteiger partial charge in [0, 0.05) is 13.2 Å². The van der Waals surface area contributed by atoms with Crippen LogP contribution in [0.25, 0.3) is 11.1 Å². The Kier molecular flexibility index (Phi) is 2.20. The summed E-state index contributed by atoms with van der Waals surface area (Å²) in [5.41, 5.74) is 0.345. The van der Waals surface area contributed by atoms with Crippen molar-refractivity contribution >= 4 is 23.0 Å². The van der Waals surface area contributed by atoms with Crippen LogP contribution in [0.5, 0.6) is 0 Å². The fourth-order valence-corrected chi connectivity index (χ4v) is 1.12. The second-order valence-corrected chi connectivity index (χ2v) is 3.01. The molecule has 0 spiro atoms. The molecule has 0 aliphatic carbocycles. The summed E-state index contributed by atoms with van der Waals surface area (Å²) >= 11 is 0. The molecular formula is C8H8N4O3. The lowest BCUT2D eigenvalue weighted by Crippen LogP contribution is -2.26. The van der Waals surface area contributed by atoms with Crippen molar-refractivity contribution in [2.45, 2.75) is 0 Å². The van der Waals surface area contributed by atoms with E-state index < -0.39 is 5.97 Å². The van der Waals surface area contributed by atoms with Crippen LogP contribution in [-0.2, 0) is 4.79 Å². The second kappa shape index (κ2) is 3.52. The molecule has 78 valence electrons. The van der Waals surface area contributed by atoms with E-state index in [0.29, 0.717) is 17.0 Å². The highest BCUT2D eigenvalue weighted by atomic mass is 16.5. The number of fused-ring (bicyclic) bond motifs is 1. The molecule has 0 unspecified atom stereocenters. The zero-order chi connectivity index (χ0) is 10.8. The van der Waals surface area contributed by atoms with Gasteiger partial charge in [-0.2, -0.15) is 4.98 Å². The van der Waals surface area contributed by atoms with Crippen molar-refractivity contribution in [3.63, 3.8) is 0 Å². The second-order valence-electron chi connectivity index (χ2n) is 3.01. The standard InChI is InChI=1S/C8H8N4O3/c1-12(4-6(13)14)8-9-2-5-3-10-15-7(5)11-8/h2-3H,4H2,1H3,(H,13,14). The van der Waals surface area contributed by atoms with Crippen molar-refractivity contribution in [2.75, 3.05) is 18.5 Å². The van der Waals surface area contributed by atoms with Crippen LogP contribution in [0, 0.1) is 0 Å². The van der Waals surface area contributed by atoms with Crippen LogP contribution < -0.4 is 4.90 Å². The molecule has 0 aliphatic heterocycles. The first-order valence-electron chi connectivity index (χ1n) is 4.17. The molecule has 2 aromatic rings. The first-order valence-corrected chi connectivity index (χ1v) is 4.17. The third-order valence-electron chi connectivity index (χ3n) is 1.81. The predicted octanol–water partition coefficient (Wildman–Crippen LogP) is 0.139. The van der Waals surface area contributed by atoms with Gasteiger partial charge in [0.15, 0.2) is 0 Å². The highest BCUT2D eigenvalue weighted by molar-refractivity contribution is 5.74. The topological polar surface area (TPSA) is 92.4 Å². The maximum Gasteiger partial charge on any atom is 0.323 e. The van der Waals surface area contributed by atoms with E-state index in [9.17, 15) is 4.79 Å². The number of hydrogen-bond acceptors (Lipinski definition) is 6. The molecule has 2 heterocycles. The Morgan fingerprint density at radius 1 is 1.60 bits per heavy atom. The van der Waals surface area contributed by atoms with E-state index >= 15 is 0 Å². The molecule has 0 saturated carbocycles. The summed E-state index contributed by atoms with van der Waals surface area (Å²) in [6, 6.07) is 0. The Hall–Kier alpha value is -2.18. The van der Waals surface area contributed by atoms with Gasteiger partial charge in [-0.1, -0.05) is 5.16 Å². The van der Waals surface area contributed by atoms with Crippen molar-refractivity contribution in [1.82, 2.24) is 15.1 Å². The lowest BCUT2D eigenvalue weighted by Gasteiger charge is -2.12. The van der Waals surface area contributed by atoms with E-state index in [1.807, 2.05) is 0 Å². The van der Waals surface area contributed by atoms with Crippen molar-refractivity contribution in [2.24, 2.45) is 0 Å². The minimum absolute atomic E-state index is 0.167. The molecule has 1 N–H and O–H groups in total. The monoisotopic (exact) mass is 208 g/mol. The van der Waals surface area contributed by atoms with Crippen LogP contribution in [0.15, 0.2) is 16.9 Å². The molecule has 0 saturated heterocycles. The highest BCUT2D eigenvalue weighted by Gasteiger charge is 2.10. The molecule has 0 bridgehead atoms. The highest BCUT2D eigenvalue weighted by Crippen LogP contribution is 2.12. The number of nitrogens with zero attached hydrogens (tertiary/aromatic N) is 4. The Bertz CT molecular complexity index is 495. The van der Waals surface area contributed by atoms with Crippen LogP contribution in [0.4, 0.5) is 5.95 Å². The van der Waals surface area contributed by atoms with E-state index in [0.717, 1.165) is 0 Å². The Labute approximate surface area is 84.3 Å². The summed E-state index contributed by atoms with van der Waals surface area (Å²) in [5.74, 6) is -0.652. The maximum absolute atomic E-state index is 10.5. The molecule has 2 aromatic heterocycles. The number of anilines is 1. The number of hydrogen-bond donors (Lipinski definition) is 1. The molecule has 0 aromatic carbocycles. The Morgan fingerprint density at radius 2 is 2.40 bits per heavy atom. The lowest BCUT2D eigenvalue weighted by atomic mass is 10.4. The lowest BCUT2D eigenvalue weighted by molar-refractivity contribution is -0.135. The molecule has 7 nitrogen and oxygen atoms in total. The minimum Gasteiger partial charge on any atom is -0.480 e. The first kappa shape index (κ1) is 9.38. The molecule has 0 fully saturated rings. The third-order valence-corrected chi connectivity index (χ3v) is 1.81. The SMILES string of the molecule is CN(CC(=O)O)c1ncc2cnoc2n1. The van der Waals surface area contributed by atoms with E-state index in [-0.39, 0.29) is 6.54 Å². The van der Waals surface area contributed by atoms with Gasteiger partial charge in [-0.3, -0.25) is 4.79 Å². The zero-order valence-electron chi connectivity index (χ0n) is 7.91. The summed E-state index contributed by atoms with van der Waals surface area (Å²) in [6.45, 7) is -0.167. The average Bonchev–Trinajstić information content (AvgIpc) is 2.62. The molecular weight excluding hydrogens is 200 g/mol. The third kappa shape index (κ3) is 1.85. The Balaban J connectivity index is 2.30. The van der Waals surface area contributed by atoms with Gasteiger partial charge < -0.3 is 14.5 Å². The van der Waals surface area contributed by atoms with Gasteiger partial charge >= 0.3 is 5.97 Å². The number of aliphatic carboxylic acids is 1. The van der Waals surface area contributed by atoms with Crippen molar-refractivity contribution < 1.29 is 14.4 Å². The summed E-state index contributed by atoms with van der Waals surface area (Å²) in [4.78, 5) is 19.9. The molecule has 0 atom stereocenters. The number of aromatic nitrogens is 3. The van der Waals surface area contributed by atoms with Crippen molar-refractivity contribution in [3.8, 4) is 0 Å². The fraction of sp³-hybridized carbons (Fsp3) is 0.250. The number of rotatable bonds is 3. The minimum atomic E-state index is -0.946. The normalized spacial score (nSPS) is 10.5. The predicted molar refractivity (Wildman–Crippen MR) is 50.5 cm³/mol. The van der Waals surface area contributed by atoms with Crippen molar-refractivity contribution in [3.05, 3.63) is 12.4 Å². The van der Waals surface area contributed by atoms with Gasteiger partial charge in [0.1, 0.15) is 6.54 Å². The number of carboxylic acids is 1. The van der Waals surface area contributed by atoms with E-state index in [1.165, 1.54) is 17.3 Å². The Morgan fingerprint density at radius 3 is 3.13 bits per heavy atom. The van der Waals surface area contributed by atoms with Gasteiger partial charge in [-0.25, -0.2) is 4.98 Å². The number of carboxylic acid groups (broad SMARTS) is 1. The van der Waals surface area contributed by atoms with Crippen molar-refractivity contribution in [1.29, 1.82) is 0 Å². The largest absolute Gasteiger partial charge is 0.480 e. The maximum atomic E-state index is 10.5. The van der Waals surface area contributed by atoms with Gasteiger partial charge in [0.2, 0.25) is 5.95 Å². The fourth-order valence-electron chi connectivity index (χ4n) is 1.12. The molecule has 0 aliphatic rings. The van der Waals surface area contributed by atoms with Gasteiger partial charge in [-0.05, 0) is 0 Å². The number of carbonyl (C=O) groups is 1. The van der Waals surface area contributed by atoms with E-state index in [1.54, 1.807) is 7.05 Å². The molecule has 0 radical (unpaired) electrons. The number of likely N-dealkylation sites (N-methyl/N-ethyl adjacent to an activating group) is 1. The summed E-state index contributed by atoms with van der Waals surface area (Å²) in [6.07, 6.45) is 3.03. The molecule has 2 rings (SSSR count). The van der Waals surface area contributed by atoms with E-state index in [4.69, 9.17) is 9.63 Å². The van der Waals surface area contributed by atoms with Gasteiger partial charge in [0.25, 0.3) is 5.71 Å². The van der Waals surface area contributed by atoms with Crippen LogP contribution >= 0.6 is 0 Å². The molecule has 0 amide bonds. The quantitative estimate of drug-likeness (QED) is 0.766. The zero-order valence-corrected chi connectivity index (χ0v) is 7.91. The summed E-state index contributed by atoms with van der Waals surface area (Å²) in [5, 5.41) is 12.8. The molecule has 7 heteroatoms. The summed E-state index contributed by atoms with van der Waals surface area (Å²) in [7, 11) is 1.59.